The highest BCUT2D eigenvalue weighted by Gasteiger charge is 2.57. The van der Waals surface area contributed by atoms with Gasteiger partial charge in [0.2, 0.25) is 0 Å². The van der Waals surface area contributed by atoms with E-state index in [1.54, 1.807) is 44.2 Å². The van der Waals surface area contributed by atoms with Crippen LogP contribution in [0.1, 0.15) is 13.8 Å². The Hall–Kier alpha value is -1.69. The summed E-state index contributed by atoms with van der Waals surface area (Å²) in [7, 11) is 0. The van der Waals surface area contributed by atoms with Gasteiger partial charge in [-0.25, -0.2) is 0 Å². The van der Waals surface area contributed by atoms with Crippen molar-refractivity contribution in [1.82, 2.24) is 0 Å². The Labute approximate surface area is 123 Å². The van der Waals surface area contributed by atoms with Crippen molar-refractivity contribution >= 4 is 5.97 Å². The number of ether oxygens (including phenoxy) is 4. The van der Waals surface area contributed by atoms with E-state index >= 15 is 0 Å². The molecular formula is C16H18O5. The van der Waals surface area contributed by atoms with Gasteiger partial charge in [-0.2, -0.15) is 0 Å². The zero-order valence-electron chi connectivity index (χ0n) is 12.0. The highest BCUT2D eigenvalue weighted by molar-refractivity contribution is 5.77. The van der Waals surface area contributed by atoms with Crippen molar-refractivity contribution in [3.63, 3.8) is 0 Å². The maximum absolute atomic E-state index is 12.5. The van der Waals surface area contributed by atoms with E-state index in [-0.39, 0.29) is 0 Å². The molecule has 4 atom stereocenters. The van der Waals surface area contributed by atoms with Crippen molar-refractivity contribution in [3.8, 4) is 5.75 Å². The Bertz CT molecular complexity index is 539. The predicted molar refractivity (Wildman–Crippen MR) is 74.5 cm³/mol. The second-order valence-electron chi connectivity index (χ2n) is 5.56. The van der Waals surface area contributed by atoms with Crippen LogP contribution < -0.4 is 4.74 Å². The minimum absolute atomic E-state index is 0.403. The normalized spacial score (nSPS) is 33.4. The molecule has 0 spiro atoms. The number of hydrogen-bond donors (Lipinski definition) is 0. The van der Waals surface area contributed by atoms with Gasteiger partial charge in [0.05, 0.1) is 6.10 Å². The number of fused-ring (bicyclic) bond motifs is 1. The molecule has 3 rings (SSSR count). The van der Waals surface area contributed by atoms with Crippen molar-refractivity contribution in [2.45, 2.75) is 38.1 Å². The van der Waals surface area contributed by atoms with Crippen molar-refractivity contribution in [2.75, 3.05) is 0 Å². The summed E-state index contributed by atoms with van der Waals surface area (Å²) in [6.45, 7) is 7.28. The molecule has 2 aliphatic rings. The number of benzene rings is 1. The van der Waals surface area contributed by atoms with Crippen LogP contribution in [0, 0.1) is 5.92 Å². The summed E-state index contributed by atoms with van der Waals surface area (Å²) >= 11 is 0. The van der Waals surface area contributed by atoms with Gasteiger partial charge in [-0.1, -0.05) is 24.3 Å². The van der Waals surface area contributed by atoms with Crippen LogP contribution in [0.2, 0.25) is 0 Å². The third-order valence-corrected chi connectivity index (χ3v) is 3.55. The molecule has 112 valence electrons. The second kappa shape index (κ2) is 5.26. The molecule has 5 heteroatoms. The molecule has 21 heavy (non-hydrogen) atoms. The zero-order chi connectivity index (χ0) is 15.0. The molecular weight excluding hydrogens is 272 g/mol. The number of carbonyl (C=O) groups is 1. The summed E-state index contributed by atoms with van der Waals surface area (Å²) in [5, 5.41) is 0. The summed E-state index contributed by atoms with van der Waals surface area (Å²) in [6.07, 6.45) is 0.0393. The van der Waals surface area contributed by atoms with Gasteiger partial charge >= 0.3 is 5.97 Å². The van der Waals surface area contributed by atoms with Gasteiger partial charge in [-0.15, -0.1) is 6.58 Å². The van der Waals surface area contributed by atoms with Crippen LogP contribution in [0.5, 0.6) is 5.75 Å². The molecule has 0 unspecified atom stereocenters. The summed E-state index contributed by atoms with van der Waals surface area (Å²) in [6, 6.07) is 8.92. The van der Waals surface area contributed by atoms with Crippen LogP contribution in [-0.2, 0) is 19.0 Å². The van der Waals surface area contributed by atoms with Gasteiger partial charge in [0.1, 0.15) is 17.8 Å². The first-order valence-corrected chi connectivity index (χ1v) is 6.90. The van der Waals surface area contributed by atoms with Crippen LogP contribution in [0.3, 0.4) is 0 Å². The molecule has 0 aromatic heterocycles. The minimum Gasteiger partial charge on any atom is -0.426 e. The predicted octanol–water partition coefficient (Wildman–Crippen LogP) is 2.27. The molecule has 0 aliphatic carbocycles. The first kappa shape index (κ1) is 14.3. The average molecular weight is 290 g/mol. The fourth-order valence-corrected chi connectivity index (χ4v) is 2.68. The summed E-state index contributed by atoms with van der Waals surface area (Å²) in [5.74, 6) is -1.27. The number of rotatable bonds is 3. The maximum atomic E-state index is 12.5. The molecule has 0 amide bonds. The van der Waals surface area contributed by atoms with Crippen molar-refractivity contribution < 1.29 is 23.7 Å². The zero-order valence-corrected chi connectivity index (χ0v) is 12.0. The fraction of sp³-hybridized carbons (Fsp3) is 0.438. The van der Waals surface area contributed by atoms with E-state index in [4.69, 9.17) is 18.9 Å². The summed E-state index contributed by atoms with van der Waals surface area (Å²) in [5.41, 5.74) is 0. The standard InChI is InChI=1S/C16H18O5/c1-4-11-12(13-15(19-11)21-16(2,3)20-13)14(17)18-10-8-6-5-7-9-10/h4-9,11-13,15H,1H2,2-3H3/t11-,12+,13-,15+/m1/s1. The van der Waals surface area contributed by atoms with Crippen LogP contribution in [0.25, 0.3) is 0 Å². The first-order valence-electron chi connectivity index (χ1n) is 6.90. The molecule has 0 radical (unpaired) electrons. The molecule has 2 fully saturated rings. The monoisotopic (exact) mass is 290 g/mol. The Morgan fingerprint density at radius 3 is 2.67 bits per heavy atom. The molecule has 0 N–H and O–H groups in total. The third kappa shape index (κ3) is 2.72. The molecule has 2 aliphatic heterocycles. The Morgan fingerprint density at radius 2 is 2.00 bits per heavy atom. The lowest BCUT2D eigenvalue weighted by Gasteiger charge is -2.23. The van der Waals surface area contributed by atoms with E-state index in [0.717, 1.165) is 0 Å². The van der Waals surface area contributed by atoms with Crippen molar-refractivity contribution in [1.29, 1.82) is 0 Å². The second-order valence-corrected chi connectivity index (χ2v) is 5.56. The van der Waals surface area contributed by atoms with Gasteiger partial charge in [0, 0.05) is 0 Å². The number of carbonyl (C=O) groups excluding carboxylic acids is 1. The molecule has 0 saturated carbocycles. The first-order chi connectivity index (χ1) is 10.00. The lowest BCUT2D eigenvalue weighted by atomic mass is 9.98. The lowest BCUT2D eigenvalue weighted by molar-refractivity contribution is -0.205. The topological polar surface area (TPSA) is 54.0 Å². The van der Waals surface area contributed by atoms with E-state index < -0.39 is 36.2 Å². The molecule has 2 heterocycles. The van der Waals surface area contributed by atoms with E-state index in [2.05, 4.69) is 6.58 Å². The largest absolute Gasteiger partial charge is 0.426 e. The van der Waals surface area contributed by atoms with E-state index in [9.17, 15) is 4.79 Å². The Balaban J connectivity index is 1.78. The van der Waals surface area contributed by atoms with Crippen LogP contribution in [-0.4, -0.2) is 30.3 Å². The van der Waals surface area contributed by atoms with Crippen LogP contribution >= 0.6 is 0 Å². The fourth-order valence-electron chi connectivity index (χ4n) is 2.68. The number of hydrogen-bond acceptors (Lipinski definition) is 5. The van der Waals surface area contributed by atoms with Crippen LogP contribution in [0.4, 0.5) is 0 Å². The van der Waals surface area contributed by atoms with E-state index in [1.165, 1.54) is 0 Å². The lowest BCUT2D eigenvalue weighted by Crippen LogP contribution is -2.37. The molecule has 0 bridgehead atoms. The molecule has 2 saturated heterocycles. The number of para-hydroxylation sites is 1. The van der Waals surface area contributed by atoms with E-state index in [0.29, 0.717) is 5.75 Å². The van der Waals surface area contributed by atoms with Gasteiger partial charge in [0.25, 0.3) is 0 Å². The average Bonchev–Trinajstić information content (AvgIpc) is 2.90. The van der Waals surface area contributed by atoms with Crippen LogP contribution in [0.15, 0.2) is 43.0 Å². The summed E-state index contributed by atoms with van der Waals surface area (Å²) < 4.78 is 22.5. The van der Waals surface area contributed by atoms with Gasteiger partial charge in [-0.3, -0.25) is 4.79 Å². The summed E-state index contributed by atoms with van der Waals surface area (Å²) in [4.78, 5) is 12.5. The van der Waals surface area contributed by atoms with Gasteiger partial charge in [-0.05, 0) is 26.0 Å². The van der Waals surface area contributed by atoms with Gasteiger partial charge in [0.15, 0.2) is 12.1 Å². The molecule has 5 nitrogen and oxygen atoms in total. The SMILES string of the molecule is C=C[C@H]1O[C@H]2OC(C)(C)O[C@@H]2[C@H]1C(=O)Oc1ccccc1. The Kier molecular flexibility index (Phi) is 3.57. The number of esters is 1. The maximum Gasteiger partial charge on any atom is 0.320 e. The smallest absolute Gasteiger partial charge is 0.320 e. The molecule has 1 aromatic rings. The van der Waals surface area contributed by atoms with Crippen molar-refractivity contribution in [2.24, 2.45) is 5.92 Å². The highest BCUT2D eigenvalue weighted by atomic mass is 16.8. The molecule has 1 aromatic carbocycles. The quantitative estimate of drug-likeness (QED) is 0.485. The highest BCUT2D eigenvalue weighted by Crippen LogP contribution is 2.41. The van der Waals surface area contributed by atoms with E-state index in [1.807, 2.05) is 6.07 Å². The third-order valence-electron chi connectivity index (χ3n) is 3.55. The van der Waals surface area contributed by atoms with Gasteiger partial charge < -0.3 is 18.9 Å². The van der Waals surface area contributed by atoms with Crippen molar-refractivity contribution in [3.05, 3.63) is 43.0 Å². The minimum atomic E-state index is -0.771. The Morgan fingerprint density at radius 1 is 1.29 bits per heavy atom.